The molecule has 0 radical (unpaired) electrons. The van der Waals surface area contributed by atoms with Crippen LogP contribution in [0, 0.1) is 5.41 Å². The van der Waals surface area contributed by atoms with Crippen LogP contribution in [0.1, 0.15) is 65.4 Å². The fourth-order valence-electron chi connectivity index (χ4n) is 4.92. The third-order valence-electron chi connectivity index (χ3n) is 6.95. The molecule has 2 amide bonds. The number of hydrogen-bond donors (Lipinski definition) is 1. The summed E-state index contributed by atoms with van der Waals surface area (Å²) in [5.41, 5.74) is -0.0131. The van der Waals surface area contributed by atoms with Crippen molar-refractivity contribution in [2.45, 2.75) is 45.6 Å². The summed E-state index contributed by atoms with van der Waals surface area (Å²) in [6.45, 7) is 7.55. The predicted octanol–water partition coefficient (Wildman–Crippen LogP) is 4.06. The Morgan fingerprint density at radius 1 is 1.31 bits per heavy atom. The lowest BCUT2D eigenvalue weighted by atomic mass is 9.78. The van der Waals surface area contributed by atoms with Crippen molar-refractivity contribution >= 4 is 29.0 Å². The zero-order valence-corrected chi connectivity index (χ0v) is 20.7. The maximum absolute atomic E-state index is 14.1. The molecule has 8 nitrogen and oxygen atoms in total. The third-order valence-corrected chi connectivity index (χ3v) is 8.03. The quantitative estimate of drug-likeness (QED) is 0.611. The molecule has 5 heterocycles. The van der Waals surface area contributed by atoms with Gasteiger partial charge in [-0.1, -0.05) is 6.92 Å². The topological polar surface area (TPSA) is 87.7 Å². The van der Waals surface area contributed by atoms with E-state index >= 15 is 0 Å². The zero-order chi connectivity index (χ0) is 24.7. The minimum atomic E-state index is -2.78. The SMILES string of the molecule is CCCNc1cc(C(F)F)c(-c2sc(C(=O)N3CC4(COC4)C3)nc2C(=O)N2CCCC2C)cn1. The summed E-state index contributed by atoms with van der Waals surface area (Å²) >= 11 is 0.993. The lowest BCUT2D eigenvalue weighted by Gasteiger charge is -2.54. The van der Waals surface area contributed by atoms with E-state index in [4.69, 9.17) is 4.74 Å². The van der Waals surface area contributed by atoms with Crippen LogP contribution in [0.4, 0.5) is 14.6 Å². The summed E-state index contributed by atoms with van der Waals surface area (Å²) in [7, 11) is 0. The van der Waals surface area contributed by atoms with Gasteiger partial charge in [-0.15, -0.1) is 11.3 Å². The molecule has 1 spiro atoms. The maximum Gasteiger partial charge on any atom is 0.282 e. The van der Waals surface area contributed by atoms with Gasteiger partial charge in [0, 0.05) is 49.5 Å². The molecule has 1 atom stereocenters. The normalized spacial score (nSPS) is 20.8. The van der Waals surface area contributed by atoms with Crippen LogP contribution >= 0.6 is 11.3 Å². The first-order valence-electron chi connectivity index (χ1n) is 12.0. The number of ether oxygens (including phenoxy) is 1. The van der Waals surface area contributed by atoms with Gasteiger partial charge in [0.2, 0.25) is 0 Å². The molecule has 5 rings (SSSR count). The number of rotatable bonds is 7. The first kappa shape index (κ1) is 24.1. The van der Waals surface area contributed by atoms with Gasteiger partial charge < -0.3 is 19.9 Å². The van der Waals surface area contributed by atoms with Crippen molar-refractivity contribution in [2.75, 3.05) is 44.7 Å². The van der Waals surface area contributed by atoms with Crippen LogP contribution in [-0.2, 0) is 4.74 Å². The van der Waals surface area contributed by atoms with Crippen LogP contribution in [-0.4, -0.2) is 77.0 Å². The summed E-state index contributed by atoms with van der Waals surface area (Å²) in [4.78, 5) is 39.1. The second-order valence-corrected chi connectivity index (χ2v) is 10.7. The van der Waals surface area contributed by atoms with E-state index in [1.807, 2.05) is 13.8 Å². The Morgan fingerprint density at radius 3 is 2.69 bits per heavy atom. The van der Waals surface area contributed by atoms with E-state index in [0.29, 0.717) is 45.2 Å². The number of thiazole rings is 1. The number of nitrogens with zero attached hydrogens (tertiary/aromatic N) is 4. The van der Waals surface area contributed by atoms with Gasteiger partial charge in [-0.2, -0.15) is 0 Å². The lowest BCUT2D eigenvalue weighted by molar-refractivity contribution is -0.176. The van der Waals surface area contributed by atoms with Crippen LogP contribution in [0.25, 0.3) is 10.4 Å². The summed E-state index contributed by atoms with van der Waals surface area (Å²) in [5, 5.41) is 3.16. The van der Waals surface area contributed by atoms with Gasteiger partial charge in [-0.3, -0.25) is 9.59 Å². The minimum absolute atomic E-state index is 0.0263. The number of anilines is 1. The van der Waals surface area contributed by atoms with Gasteiger partial charge in [-0.25, -0.2) is 18.7 Å². The second kappa shape index (κ2) is 9.42. The highest BCUT2D eigenvalue weighted by Crippen LogP contribution is 2.41. The third kappa shape index (κ3) is 4.40. The highest BCUT2D eigenvalue weighted by molar-refractivity contribution is 7.17. The number of halogens is 2. The van der Waals surface area contributed by atoms with Crippen molar-refractivity contribution in [2.24, 2.45) is 5.41 Å². The monoisotopic (exact) mass is 505 g/mol. The van der Waals surface area contributed by atoms with Crippen LogP contribution in [0.5, 0.6) is 0 Å². The Labute approximate surface area is 206 Å². The average Bonchev–Trinajstić information content (AvgIpc) is 3.41. The number of pyridine rings is 1. The van der Waals surface area contributed by atoms with Crippen molar-refractivity contribution in [3.05, 3.63) is 28.5 Å². The summed E-state index contributed by atoms with van der Waals surface area (Å²) in [5.74, 6) is -0.266. The Balaban J connectivity index is 1.52. The highest BCUT2D eigenvalue weighted by Gasteiger charge is 2.51. The molecule has 2 aromatic heterocycles. The number of nitrogens with one attached hydrogen (secondary N) is 1. The average molecular weight is 506 g/mol. The molecule has 0 saturated carbocycles. The molecule has 3 saturated heterocycles. The number of likely N-dealkylation sites (tertiary alicyclic amines) is 2. The Bertz CT molecular complexity index is 1130. The van der Waals surface area contributed by atoms with E-state index in [1.165, 1.54) is 12.3 Å². The molecule has 2 aromatic rings. The molecule has 0 aliphatic carbocycles. The van der Waals surface area contributed by atoms with Gasteiger partial charge in [0.05, 0.1) is 23.5 Å². The molecule has 11 heteroatoms. The van der Waals surface area contributed by atoms with Gasteiger partial charge in [0.15, 0.2) is 5.01 Å². The first-order chi connectivity index (χ1) is 16.8. The smallest absolute Gasteiger partial charge is 0.282 e. The Hall–Kier alpha value is -2.66. The fourth-order valence-corrected chi connectivity index (χ4v) is 5.97. The van der Waals surface area contributed by atoms with Crippen molar-refractivity contribution in [3.8, 4) is 10.4 Å². The number of carbonyl (C=O) groups excluding carboxylic acids is 2. The van der Waals surface area contributed by atoms with Gasteiger partial charge >= 0.3 is 0 Å². The Morgan fingerprint density at radius 2 is 2.09 bits per heavy atom. The first-order valence-corrected chi connectivity index (χ1v) is 12.8. The zero-order valence-electron chi connectivity index (χ0n) is 19.9. The number of hydrogen-bond acceptors (Lipinski definition) is 7. The molecular formula is C24H29F2N5O3S. The van der Waals surface area contributed by atoms with E-state index < -0.39 is 6.43 Å². The number of aromatic nitrogens is 2. The largest absolute Gasteiger partial charge is 0.380 e. The molecule has 0 aromatic carbocycles. The second-order valence-electron chi connectivity index (χ2n) is 9.72. The van der Waals surface area contributed by atoms with Crippen LogP contribution in [0.3, 0.4) is 0 Å². The molecule has 1 unspecified atom stereocenters. The fraction of sp³-hybridized carbons (Fsp3) is 0.583. The van der Waals surface area contributed by atoms with Crippen LogP contribution in [0.15, 0.2) is 12.3 Å². The molecule has 3 aliphatic heterocycles. The van der Waals surface area contributed by atoms with Gasteiger partial charge in [-0.05, 0) is 32.3 Å². The van der Waals surface area contributed by atoms with E-state index in [0.717, 1.165) is 30.6 Å². The lowest BCUT2D eigenvalue weighted by Crippen LogP contribution is -2.67. The molecule has 3 aliphatic rings. The van der Waals surface area contributed by atoms with Gasteiger partial charge in [0.25, 0.3) is 18.2 Å². The van der Waals surface area contributed by atoms with Crippen molar-refractivity contribution in [1.29, 1.82) is 0 Å². The predicted molar refractivity (Wildman–Crippen MR) is 128 cm³/mol. The van der Waals surface area contributed by atoms with Crippen molar-refractivity contribution < 1.29 is 23.1 Å². The highest BCUT2D eigenvalue weighted by atomic mass is 32.1. The standard InChI is InChI=1S/C24H29F2N5O3S/c1-3-6-27-17-8-15(20(25)26)16(9-28-17)19-18(22(32)31-7-4-5-14(31)2)29-21(35-19)23(33)30-10-24(11-30)12-34-13-24/h8-9,14,20H,3-7,10-13H2,1-2H3,(H,27,28). The maximum atomic E-state index is 14.1. The minimum Gasteiger partial charge on any atom is -0.380 e. The molecule has 1 N–H and O–H groups in total. The molecule has 35 heavy (non-hydrogen) atoms. The van der Waals surface area contributed by atoms with E-state index in [-0.39, 0.29) is 50.0 Å². The molecule has 3 fully saturated rings. The molecule has 0 bridgehead atoms. The number of amides is 2. The number of alkyl halides is 2. The van der Waals surface area contributed by atoms with E-state index in [1.54, 1.807) is 9.80 Å². The molecular weight excluding hydrogens is 476 g/mol. The van der Waals surface area contributed by atoms with Crippen molar-refractivity contribution in [1.82, 2.24) is 19.8 Å². The van der Waals surface area contributed by atoms with E-state index in [2.05, 4.69) is 15.3 Å². The summed E-state index contributed by atoms with van der Waals surface area (Å²) in [6.07, 6.45) is 1.15. The van der Waals surface area contributed by atoms with Gasteiger partial charge in [0.1, 0.15) is 11.5 Å². The summed E-state index contributed by atoms with van der Waals surface area (Å²) in [6, 6.07) is 1.35. The van der Waals surface area contributed by atoms with Crippen LogP contribution < -0.4 is 5.32 Å². The molecule has 188 valence electrons. The van der Waals surface area contributed by atoms with Crippen molar-refractivity contribution in [3.63, 3.8) is 0 Å². The number of carbonyl (C=O) groups is 2. The van der Waals surface area contributed by atoms with E-state index in [9.17, 15) is 18.4 Å². The summed E-state index contributed by atoms with van der Waals surface area (Å²) < 4.78 is 33.6. The Kier molecular flexibility index (Phi) is 6.47. The van der Waals surface area contributed by atoms with Crippen LogP contribution in [0.2, 0.25) is 0 Å².